The number of hydrogen-bond acceptors (Lipinski definition) is 3. The zero-order valence-corrected chi connectivity index (χ0v) is 31.7. The first-order valence-electron chi connectivity index (χ1n) is 19.6. The zero-order chi connectivity index (χ0) is 38.7. The number of benzene rings is 8. The zero-order valence-electron chi connectivity index (χ0n) is 31.7. The van der Waals surface area contributed by atoms with Gasteiger partial charge in [-0.3, -0.25) is 0 Å². The third-order valence-corrected chi connectivity index (χ3v) is 10.7. The van der Waals surface area contributed by atoms with Crippen molar-refractivity contribution in [2.75, 3.05) is 0 Å². The minimum atomic E-state index is 0.695. The Morgan fingerprint density at radius 1 is 0.224 bits per heavy atom. The van der Waals surface area contributed by atoms with Crippen molar-refractivity contribution in [3.05, 3.63) is 224 Å². The fraction of sp³-hybridized carbons (Fsp3) is 0. The van der Waals surface area contributed by atoms with E-state index in [0.29, 0.717) is 5.82 Å². The largest absolute Gasteiger partial charge is 0.248 e. The maximum absolute atomic E-state index is 5.27. The summed E-state index contributed by atoms with van der Waals surface area (Å²) < 4.78 is 0. The van der Waals surface area contributed by atoms with Gasteiger partial charge in [0.05, 0.1) is 22.6 Å². The lowest BCUT2D eigenvalue weighted by atomic mass is 9.93. The number of aromatic nitrogens is 3. The summed E-state index contributed by atoms with van der Waals surface area (Å²) in [5.41, 5.74) is 17.0. The maximum Gasteiger partial charge on any atom is 0.160 e. The van der Waals surface area contributed by atoms with Crippen LogP contribution in [0.25, 0.3) is 101 Å². The van der Waals surface area contributed by atoms with Crippen LogP contribution >= 0.6 is 0 Å². The van der Waals surface area contributed by atoms with E-state index >= 15 is 0 Å². The summed E-state index contributed by atoms with van der Waals surface area (Å²) in [4.78, 5) is 15.5. The highest BCUT2D eigenvalue weighted by molar-refractivity contribution is 5.99. The molecule has 0 saturated heterocycles. The lowest BCUT2D eigenvalue weighted by molar-refractivity contribution is 1.18. The molecule has 0 fully saturated rings. The van der Waals surface area contributed by atoms with Gasteiger partial charge in [0.25, 0.3) is 0 Å². The highest BCUT2D eigenvalue weighted by Crippen LogP contribution is 2.38. The van der Waals surface area contributed by atoms with Crippen LogP contribution < -0.4 is 0 Å². The molecule has 0 spiro atoms. The molecule has 2 aromatic heterocycles. The first kappa shape index (κ1) is 34.7. The third kappa shape index (κ3) is 7.09. The summed E-state index contributed by atoms with van der Waals surface area (Å²) in [6, 6.07) is 78.8. The summed E-state index contributed by atoms with van der Waals surface area (Å²) in [5.74, 6) is 0.695. The highest BCUT2D eigenvalue weighted by Gasteiger charge is 2.15. The van der Waals surface area contributed by atoms with E-state index in [9.17, 15) is 0 Å². The third-order valence-electron chi connectivity index (χ3n) is 10.7. The summed E-state index contributed by atoms with van der Waals surface area (Å²) >= 11 is 0. The van der Waals surface area contributed by atoms with E-state index in [-0.39, 0.29) is 0 Å². The number of rotatable bonds is 8. The van der Waals surface area contributed by atoms with Crippen LogP contribution in [0.3, 0.4) is 0 Å². The van der Waals surface area contributed by atoms with Crippen LogP contribution in [0.5, 0.6) is 0 Å². The lowest BCUT2D eigenvalue weighted by Crippen LogP contribution is -1.96. The van der Waals surface area contributed by atoms with Crippen molar-refractivity contribution in [1.29, 1.82) is 0 Å². The van der Waals surface area contributed by atoms with Crippen LogP contribution in [0.15, 0.2) is 224 Å². The molecule has 0 saturated carbocycles. The van der Waals surface area contributed by atoms with Gasteiger partial charge in [-0.2, -0.15) is 0 Å². The summed E-state index contributed by atoms with van der Waals surface area (Å²) in [6.45, 7) is 0. The van der Waals surface area contributed by atoms with E-state index in [1.165, 1.54) is 22.3 Å². The summed E-state index contributed by atoms with van der Waals surface area (Å²) in [5, 5.41) is 1.09. The molecule has 0 N–H and O–H groups in total. The molecule has 0 amide bonds. The molecule has 0 bridgehead atoms. The van der Waals surface area contributed by atoms with E-state index in [1.807, 2.05) is 42.5 Å². The normalized spacial score (nSPS) is 11.1. The molecule has 3 heteroatoms. The standard InChI is InChI=1S/C55H37N3/c1-5-14-38(15-6-1)40-24-26-42(27-25-40)46-32-33-51-50(35-46)49(36-52(56-51)44-30-28-41(29-31-44)39-16-7-2-8-17-39)47-22-13-23-48(34-47)54-37-53(43-18-9-3-10-19-43)57-55(58-54)45-20-11-4-12-21-45/h1-37H. The second-order valence-electron chi connectivity index (χ2n) is 14.4. The Kier molecular flexibility index (Phi) is 9.23. The molecule has 10 rings (SSSR count). The molecule has 58 heavy (non-hydrogen) atoms. The number of hydrogen-bond donors (Lipinski definition) is 0. The number of pyridine rings is 1. The predicted octanol–water partition coefficient (Wildman–Crippen LogP) is 14.4. The van der Waals surface area contributed by atoms with E-state index in [2.05, 4.69) is 182 Å². The molecule has 8 aromatic carbocycles. The fourth-order valence-electron chi connectivity index (χ4n) is 7.66. The number of nitrogens with zero attached hydrogens (tertiary/aromatic N) is 3. The van der Waals surface area contributed by atoms with Gasteiger partial charge in [0.2, 0.25) is 0 Å². The molecule has 272 valence electrons. The van der Waals surface area contributed by atoms with Gasteiger partial charge < -0.3 is 0 Å². The van der Waals surface area contributed by atoms with Crippen LogP contribution in [0.4, 0.5) is 0 Å². The van der Waals surface area contributed by atoms with Gasteiger partial charge in [-0.15, -0.1) is 0 Å². The van der Waals surface area contributed by atoms with Crippen LogP contribution in [-0.4, -0.2) is 15.0 Å². The quantitative estimate of drug-likeness (QED) is 0.156. The smallest absolute Gasteiger partial charge is 0.160 e. The van der Waals surface area contributed by atoms with Gasteiger partial charge in [0.1, 0.15) is 0 Å². The predicted molar refractivity (Wildman–Crippen MR) is 241 cm³/mol. The van der Waals surface area contributed by atoms with Crippen molar-refractivity contribution in [3.63, 3.8) is 0 Å². The summed E-state index contributed by atoms with van der Waals surface area (Å²) in [6.07, 6.45) is 0. The Morgan fingerprint density at radius 2 is 0.621 bits per heavy atom. The Labute approximate surface area is 338 Å². The molecular formula is C55H37N3. The molecule has 0 aliphatic rings. The van der Waals surface area contributed by atoms with Crippen molar-refractivity contribution >= 4 is 10.9 Å². The van der Waals surface area contributed by atoms with Crippen molar-refractivity contribution in [3.8, 4) is 89.7 Å². The van der Waals surface area contributed by atoms with E-state index in [1.54, 1.807) is 0 Å². The Hall–Kier alpha value is -7.75. The molecule has 0 radical (unpaired) electrons. The van der Waals surface area contributed by atoms with Crippen LogP contribution in [0.1, 0.15) is 0 Å². The van der Waals surface area contributed by atoms with Crippen molar-refractivity contribution in [2.45, 2.75) is 0 Å². The maximum atomic E-state index is 5.27. The topological polar surface area (TPSA) is 38.7 Å². The highest BCUT2D eigenvalue weighted by atomic mass is 14.9. The fourth-order valence-corrected chi connectivity index (χ4v) is 7.66. The molecule has 0 atom stereocenters. The Balaban J connectivity index is 1.11. The molecule has 0 unspecified atom stereocenters. The molecule has 2 heterocycles. The molecule has 0 aliphatic carbocycles. The van der Waals surface area contributed by atoms with Crippen LogP contribution in [-0.2, 0) is 0 Å². The van der Waals surface area contributed by atoms with Gasteiger partial charge >= 0.3 is 0 Å². The SMILES string of the molecule is c1ccc(-c2ccc(-c3ccc4nc(-c5ccc(-c6ccccc6)cc5)cc(-c5cccc(-c6cc(-c7ccccc7)nc(-c7ccccc7)n6)c5)c4c3)cc2)cc1. The second kappa shape index (κ2) is 15.4. The molecule has 0 aliphatic heterocycles. The van der Waals surface area contributed by atoms with Gasteiger partial charge in [-0.25, -0.2) is 15.0 Å². The van der Waals surface area contributed by atoms with Crippen LogP contribution in [0.2, 0.25) is 0 Å². The number of fused-ring (bicyclic) bond motifs is 1. The summed E-state index contributed by atoms with van der Waals surface area (Å²) in [7, 11) is 0. The minimum Gasteiger partial charge on any atom is -0.248 e. The van der Waals surface area contributed by atoms with Gasteiger partial charge in [-0.05, 0) is 74.8 Å². The molecular weight excluding hydrogens is 703 g/mol. The van der Waals surface area contributed by atoms with E-state index in [0.717, 1.165) is 72.5 Å². The van der Waals surface area contributed by atoms with Crippen molar-refractivity contribution in [2.24, 2.45) is 0 Å². The average Bonchev–Trinajstić information content (AvgIpc) is 3.32. The van der Waals surface area contributed by atoms with Crippen molar-refractivity contribution in [1.82, 2.24) is 15.0 Å². The minimum absolute atomic E-state index is 0.695. The monoisotopic (exact) mass is 739 g/mol. The molecule has 3 nitrogen and oxygen atoms in total. The van der Waals surface area contributed by atoms with Crippen molar-refractivity contribution < 1.29 is 0 Å². The Morgan fingerprint density at radius 3 is 1.21 bits per heavy atom. The second-order valence-corrected chi connectivity index (χ2v) is 14.4. The van der Waals surface area contributed by atoms with E-state index < -0.39 is 0 Å². The molecule has 10 aromatic rings. The van der Waals surface area contributed by atoms with Gasteiger partial charge in [0, 0.05) is 27.6 Å². The lowest BCUT2D eigenvalue weighted by Gasteiger charge is -2.14. The Bertz CT molecular complexity index is 2940. The van der Waals surface area contributed by atoms with E-state index in [4.69, 9.17) is 15.0 Å². The first-order valence-corrected chi connectivity index (χ1v) is 19.6. The average molecular weight is 740 g/mol. The first-order chi connectivity index (χ1) is 28.7. The van der Waals surface area contributed by atoms with Gasteiger partial charge in [-0.1, -0.05) is 194 Å². The van der Waals surface area contributed by atoms with Gasteiger partial charge in [0.15, 0.2) is 5.82 Å². The van der Waals surface area contributed by atoms with Crippen LogP contribution in [0, 0.1) is 0 Å².